The maximum atomic E-state index is 11.9. The lowest BCUT2D eigenvalue weighted by atomic mass is 9.74. The molecule has 0 saturated carbocycles. The quantitative estimate of drug-likeness (QED) is 0.786. The highest BCUT2D eigenvalue weighted by Crippen LogP contribution is 2.41. The summed E-state index contributed by atoms with van der Waals surface area (Å²) in [5, 5.41) is 11.9. The standard InChI is InChI=1S/C22H29NO2.ClH/c1-2-13-22(24,20-11-7-4-8-12-20)21(19-9-5-3-6-10-19)18-23-14-16-25-17-15-23;/h3-12,21,24H,2,13-18H2,1H3;1H. The van der Waals surface area contributed by atoms with Crippen LogP contribution in [0.15, 0.2) is 60.7 Å². The van der Waals surface area contributed by atoms with E-state index in [0.717, 1.165) is 51.3 Å². The first kappa shape index (κ1) is 20.9. The van der Waals surface area contributed by atoms with Gasteiger partial charge in [0.15, 0.2) is 0 Å². The molecule has 0 radical (unpaired) electrons. The Balaban J connectivity index is 0.00000243. The lowest BCUT2D eigenvalue weighted by Crippen LogP contribution is -2.45. The van der Waals surface area contributed by atoms with Crippen molar-refractivity contribution in [3.8, 4) is 0 Å². The van der Waals surface area contributed by atoms with Gasteiger partial charge < -0.3 is 9.84 Å². The van der Waals surface area contributed by atoms with Crippen LogP contribution in [0, 0.1) is 0 Å². The van der Waals surface area contributed by atoms with Crippen molar-refractivity contribution >= 4 is 12.4 Å². The van der Waals surface area contributed by atoms with Crippen LogP contribution >= 0.6 is 12.4 Å². The summed E-state index contributed by atoms with van der Waals surface area (Å²) in [6.45, 7) is 6.40. The Hall–Kier alpha value is -1.39. The van der Waals surface area contributed by atoms with Gasteiger partial charge in [0, 0.05) is 25.6 Å². The van der Waals surface area contributed by atoms with Gasteiger partial charge in [0.25, 0.3) is 0 Å². The molecule has 2 unspecified atom stereocenters. The molecule has 26 heavy (non-hydrogen) atoms. The topological polar surface area (TPSA) is 32.7 Å². The van der Waals surface area contributed by atoms with E-state index in [1.165, 1.54) is 5.56 Å². The number of aliphatic hydroxyl groups is 1. The molecule has 0 amide bonds. The third kappa shape index (κ3) is 4.86. The summed E-state index contributed by atoms with van der Waals surface area (Å²) in [5.41, 5.74) is 1.35. The first-order chi connectivity index (χ1) is 12.2. The number of morpholine rings is 1. The van der Waals surface area contributed by atoms with E-state index < -0.39 is 5.60 Å². The van der Waals surface area contributed by atoms with Crippen molar-refractivity contribution < 1.29 is 9.84 Å². The van der Waals surface area contributed by atoms with Crippen LogP contribution in [0.3, 0.4) is 0 Å². The second-order valence-electron chi connectivity index (χ2n) is 6.92. The smallest absolute Gasteiger partial charge is 0.0976 e. The molecule has 1 fully saturated rings. The summed E-state index contributed by atoms with van der Waals surface area (Å²) < 4.78 is 5.50. The summed E-state index contributed by atoms with van der Waals surface area (Å²) in [6.07, 6.45) is 1.69. The second-order valence-corrected chi connectivity index (χ2v) is 6.92. The van der Waals surface area contributed by atoms with Crippen LogP contribution < -0.4 is 0 Å². The van der Waals surface area contributed by atoms with Crippen LogP contribution in [0.5, 0.6) is 0 Å². The van der Waals surface area contributed by atoms with Gasteiger partial charge in [0.2, 0.25) is 0 Å². The predicted molar refractivity (Wildman–Crippen MR) is 109 cm³/mol. The van der Waals surface area contributed by atoms with Gasteiger partial charge in [0.1, 0.15) is 0 Å². The summed E-state index contributed by atoms with van der Waals surface area (Å²) in [4.78, 5) is 2.42. The van der Waals surface area contributed by atoms with Crippen molar-refractivity contribution in [2.75, 3.05) is 32.8 Å². The van der Waals surface area contributed by atoms with E-state index in [1.807, 2.05) is 24.3 Å². The molecule has 2 atom stereocenters. The van der Waals surface area contributed by atoms with E-state index in [9.17, 15) is 5.11 Å². The van der Waals surface area contributed by atoms with Gasteiger partial charge in [-0.25, -0.2) is 0 Å². The molecule has 2 aromatic rings. The zero-order valence-electron chi connectivity index (χ0n) is 15.5. The largest absolute Gasteiger partial charge is 0.384 e. The monoisotopic (exact) mass is 375 g/mol. The number of ether oxygens (including phenoxy) is 1. The Kier molecular flexibility index (Phi) is 8.11. The number of benzene rings is 2. The van der Waals surface area contributed by atoms with E-state index in [-0.39, 0.29) is 18.3 Å². The van der Waals surface area contributed by atoms with E-state index in [0.29, 0.717) is 0 Å². The van der Waals surface area contributed by atoms with Crippen molar-refractivity contribution in [1.82, 2.24) is 4.90 Å². The fourth-order valence-corrected chi connectivity index (χ4v) is 3.89. The molecule has 0 aliphatic carbocycles. The molecule has 0 spiro atoms. The Morgan fingerprint density at radius 2 is 1.58 bits per heavy atom. The minimum Gasteiger partial charge on any atom is -0.384 e. The van der Waals surface area contributed by atoms with Gasteiger partial charge in [-0.1, -0.05) is 74.0 Å². The molecular formula is C22H30ClNO2. The molecule has 3 nitrogen and oxygen atoms in total. The molecule has 1 heterocycles. The van der Waals surface area contributed by atoms with Crippen molar-refractivity contribution in [3.63, 3.8) is 0 Å². The zero-order valence-corrected chi connectivity index (χ0v) is 16.3. The van der Waals surface area contributed by atoms with Crippen LogP contribution in [-0.2, 0) is 10.3 Å². The van der Waals surface area contributed by atoms with Crippen LogP contribution in [0.4, 0.5) is 0 Å². The summed E-state index contributed by atoms with van der Waals surface area (Å²) >= 11 is 0. The Labute approximate surface area is 163 Å². The van der Waals surface area contributed by atoms with Gasteiger partial charge in [0.05, 0.1) is 18.8 Å². The molecule has 2 aromatic carbocycles. The van der Waals surface area contributed by atoms with Crippen molar-refractivity contribution in [2.45, 2.75) is 31.3 Å². The van der Waals surface area contributed by atoms with Gasteiger partial charge in [-0.3, -0.25) is 4.90 Å². The lowest BCUT2D eigenvalue weighted by Gasteiger charge is -2.41. The second kappa shape index (κ2) is 10.1. The highest BCUT2D eigenvalue weighted by Gasteiger charge is 2.39. The molecule has 4 heteroatoms. The van der Waals surface area contributed by atoms with Crippen molar-refractivity contribution in [3.05, 3.63) is 71.8 Å². The van der Waals surface area contributed by atoms with Gasteiger partial charge in [-0.2, -0.15) is 0 Å². The molecule has 142 valence electrons. The number of nitrogens with zero attached hydrogens (tertiary/aromatic N) is 1. The first-order valence-electron chi connectivity index (χ1n) is 9.37. The highest BCUT2D eigenvalue weighted by atomic mass is 35.5. The molecule has 1 aliphatic rings. The third-order valence-electron chi connectivity index (χ3n) is 5.23. The molecule has 1 N–H and O–H groups in total. The molecule has 0 bridgehead atoms. The fraction of sp³-hybridized carbons (Fsp3) is 0.455. The Morgan fingerprint density at radius 3 is 2.15 bits per heavy atom. The van der Waals surface area contributed by atoms with Crippen LogP contribution in [0.25, 0.3) is 0 Å². The van der Waals surface area contributed by atoms with E-state index in [2.05, 4.69) is 48.2 Å². The summed E-state index contributed by atoms with van der Waals surface area (Å²) in [5.74, 6) is 0.0362. The van der Waals surface area contributed by atoms with Crippen molar-refractivity contribution in [1.29, 1.82) is 0 Å². The van der Waals surface area contributed by atoms with Crippen molar-refractivity contribution in [2.24, 2.45) is 0 Å². The normalized spacial score (nSPS) is 18.5. The summed E-state index contributed by atoms with van der Waals surface area (Å²) in [6, 6.07) is 20.6. The number of hydrogen-bond acceptors (Lipinski definition) is 3. The summed E-state index contributed by atoms with van der Waals surface area (Å²) in [7, 11) is 0. The average Bonchev–Trinajstić information content (AvgIpc) is 2.68. The molecule has 1 saturated heterocycles. The maximum absolute atomic E-state index is 11.9. The van der Waals surface area contributed by atoms with E-state index in [1.54, 1.807) is 0 Å². The Morgan fingerprint density at radius 1 is 1.00 bits per heavy atom. The number of hydrogen-bond donors (Lipinski definition) is 1. The minimum absolute atomic E-state index is 0. The number of rotatable bonds is 7. The average molecular weight is 376 g/mol. The minimum atomic E-state index is -0.865. The van der Waals surface area contributed by atoms with Crippen LogP contribution in [-0.4, -0.2) is 42.9 Å². The predicted octanol–water partition coefficient (Wildman–Crippen LogP) is 4.21. The van der Waals surface area contributed by atoms with E-state index >= 15 is 0 Å². The molecule has 1 aliphatic heterocycles. The zero-order chi connectivity index (χ0) is 17.5. The first-order valence-corrected chi connectivity index (χ1v) is 9.37. The van der Waals surface area contributed by atoms with Gasteiger partial charge >= 0.3 is 0 Å². The fourth-order valence-electron chi connectivity index (χ4n) is 3.89. The molecular weight excluding hydrogens is 346 g/mol. The molecule has 0 aromatic heterocycles. The van der Waals surface area contributed by atoms with Crippen LogP contribution in [0.1, 0.15) is 36.8 Å². The Bertz CT molecular complexity index is 631. The SMILES string of the molecule is CCCC(O)(c1ccccc1)C(CN1CCOCC1)c1ccccc1.Cl. The number of halogens is 1. The maximum Gasteiger partial charge on any atom is 0.0976 e. The van der Waals surface area contributed by atoms with Gasteiger partial charge in [-0.05, 0) is 17.5 Å². The van der Waals surface area contributed by atoms with Crippen LogP contribution in [0.2, 0.25) is 0 Å². The van der Waals surface area contributed by atoms with E-state index in [4.69, 9.17) is 4.74 Å². The highest BCUT2D eigenvalue weighted by molar-refractivity contribution is 5.85. The third-order valence-corrected chi connectivity index (χ3v) is 5.23. The van der Waals surface area contributed by atoms with Gasteiger partial charge in [-0.15, -0.1) is 12.4 Å². The molecule has 3 rings (SSSR count). The lowest BCUT2D eigenvalue weighted by molar-refractivity contribution is -0.0285.